The van der Waals surface area contributed by atoms with Gasteiger partial charge in [0.2, 0.25) is 5.91 Å². The average molecular weight is 501 g/mol. The van der Waals surface area contributed by atoms with Crippen LogP contribution < -0.4 is 5.32 Å². The molecule has 0 heterocycles. The minimum atomic E-state index is -3.43. The topological polar surface area (TPSA) is 87.0 Å². The number of benzene rings is 3. The van der Waals surface area contributed by atoms with E-state index in [0.717, 1.165) is 5.56 Å². The summed E-state index contributed by atoms with van der Waals surface area (Å²) in [6.07, 6.45) is -0.167. The third-order valence-electron chi connectivity index (χ3n) is 5.13. The fourth-order valence-corrected chi connectivity index (χ4v) is 5.14. The first-order valence-electron chi connectivity index (χ1n) is 10.2. The van der Waals surface area contributed by atoms with E-state index in [1.165, 1.54) is 0 Å². The quantitative estimate of drug-likeness (QED) is 0.416. The molecule has 3 aromatic carbocycles. The van der Waals surface area contributed by atoms with Crippen LogP contribution in [-0.4, -0.2) is 20.1 Å². The summed E-state index contributed by atoms with van der Waals surface area (Å²) >= 11 is 12.4. The summed E-state index contributed by atoms with van der Waals surface area (Å²) in [6, 6.07) is 21.4. The first-order valence-corrected chi connectivity index (χ1v) is 12.8. The normalized spacial score (nSPS) is 12.1. The molecule has 0 aliphatic rings. The highest BCUT2D eigenvalue weighted by molar-refractivity contribution is 7.90. The molecule has 5 nitrogen and oxygen atoms in total. The van der Waals surface area contributed by atoms with Crippen molar-refractivity contribution in [3.8, 4) is 6.07 Å². The zero-order valence-electron chi connectivity index (χ0n) is 17.9. The van der Waals surface area contributed by atoms with Gasteiger partial charge in [-0.15, -0.1) is 0 Å². The molecule has 0 saturated carbocycles. The molecule has 1 atom stereocenters. The number of hydrogen-bond acceptors (Lipinski definition) is 4. The molecule has 8 heteroatoms. The van der Waals surface area contributed by atoms with E-state index in [4.69, 9.17) is 23.2 Å². The SMILES string of the molecule is Cc1cc([C@H](C#N)c2ccc(Cl)cc2)c(Cl)cc1NC(=O)CCS(=O)(=O)Cc1ccccc1. The highest BCUT2D eigenvalue weighted by Gasteiger charge is 2.20. The van der Waals surface area contributed by atoms with Crippen LogP contribution in [0.1, 0.15) is 34.6 Å². The lowest BCUT2D eigenvalue weighted by Crippen LogP contribution is -2.19. The molecule has 0 aromatic heterocycles. The second-order valence-corrected chi connectivity index (χ2v) is 10.7. The van der Waals surface area contributed by atoms with Crippen molar-refractivity contribution in [2.45, 2.75) is 25.0 Å². The molecule has 0 bridgehead atoms. The molecular formula is C25H22Cl2N2O3S. The first-order chi connectivity index (χ1) is 15.7. The predicted molar refractivity (Wildman–Crippen MR) is 132 cm³/mol. The second-order valence-electron chi connectivity index (χ2n) is 7.68. The summed E-state index contributed by atoms with van der Waals surface area (Å²) in [7, 11) is -3.43. The maximum absolute atomic E-state index is 12.4. The molecule has 3 rings (SSSR count). The summed E-state index contributed by atoms with van der Waals surface area (Å²) in [6.45, 7) is 1.79. The maximum atomic E-state index is 12.4. The van der Waals surface area contributed by atoms with Gasteiger partial charge >= 0.3 is 0 Å². The molecule has 0 fully saturated rings. The summed E-state index contributed by atoms with van der Waals surface area (Å²) < 4.78 is 24.7. The van der Waals surface area contributed by atoms with Gasteiger partial charge in [0.15, 0.2) is 9.84 Å². The number of halogens is 2. The van der Waals surface area contributed by atoms with Crippen molar-refractivity contribution in [2.75, 3.05) is 11.1 Å². The minimum Gasteiger partial charge on any atom is -0.326 e. The number of rotatable bonds is 8. The Bertz CT molecular complexity index is 1290. The van der Waals surface area contributed by atoms with Crippen molar-refractivity contribution < 1.29 is 13.2 Å². The van der Waals surface area contributed by atoms with Gasteiger partial charge in [0.05, 0.1) is 23.5 Å². The number of carbonyl (C=O) groups excluding carboxylic acids is 1. The Labute approximate surface area is 203 Å². The van der Waals surface area contributed by atoms with Crippen LogP contribution in [0, 0.1) is 18.3 Å². The molecule has 0 spiro atoms. The van der Waals surface area contributed by atoms with E-state index in [-0.39, 0.29) is 17.9 Å². The van der Waals surface area contributed by atoms with Crippen LogP contribution in [0.25, 0.3) is 0 Å². The zero-order chi connectivity index (χ0) is 24.0. The Hall–Kier alpha value is -2.85. The summed E-state index contributed by atoms with van der Waals surface area (Å²) in [5.41, 5.74) is 3.24. The number of nitrogens with one attached hydrogen (secondary N) is 1. The van der Waals surface area contributed by atoms with Crippen molar-refractivity contribution in [3.05, 3.63) is 99.0 Å². The van der Waals surface area contributed by atoms with Crippen LogP contribution in [0.4, 0.5) is 5.69 Å². The molecule has 170 valence electrons. The molecule has 0 unspecified atom stereocenters. The molecular weight excluding hydrogens is 479 g/mol. The van der Waals surface area contributed by atoms with E-state index in [2.05, 4.69) is 11.4 Å². The number of amides is 1. The smallest absolute Gasteiger partial charge is 0.225 e. The van der Waals surface area contributed by atoms with Gasteiger partial charge in [-0.05, 0) is 47.4 Å². The van der Waals surface area contributed by atoms with Gasteiger partial charge in [0.25, 0.3) is 0 Å². The Balaban J connectivity index is 1.69. The third kappa shape index (κ3) is 6.82. The number of anilines is 1. The van der Waals surface area contributed by atoms with Crippen LogP contribution in [-0.2, 0) is 20.4 Å². The van der Waals surface area contributed by atoms with E-state index >= 15 is 0 Å². The number of aryl methyl sites for hydroxylation is 1. The van der Waals surface area contributed by atoms with E-state index < -0.39 is 21.7 Å². The number of hydrogen-bond donors (Lipinski definition) is 1. The summed E-state index contributed by atoms with van der Waals surface area (Å²) in [4.78, 5) is 12.4. The van der Waals surface area contributed by atoms with Crippen LogP contribution in [0.5, 0.6) is 0 Å². The van der Waals surface area contributed by atoms with E-state index in [9.17, 15) is 18.5 Å². The lowest BCUT2D eigenvalue weighted by molar-refractivity contribution is -0.115. The van der Waals surface area contributed by atoms with Crippen molar-refractivity contribution in [1.29, 1.82) is 5.26 Å². The Morgan fingerprint density at radius 2 is 1.73 bits per heavy atom. The van der Waals surface area contributed by atoms with Crippen LogP contribution >= 0.6 is 23.2 Å². The predicted octanol–water partition coefficient (Wildman–Crippen LogP) is 5.90. The number of nitriles is 1. The van der Waals surface area contributed by atoms with Gasteiger partial charge in [-0.3, -0.25) is 4.79 Å². The molecule has 0 radical (unpaired) electrons. The highest BCUT2D eigenvalue weighted by Crippen LogP contribution is 2.34. The Kier molecular flexibility index (Phi) is 8.15. The largest absolute Gasteiger partial charge is 0.326 e. The standard InChI is InChI=1S/C25H22Cl2N2O3S/c1-17-13-21(22(15-28)19-7-9-20(26)10-8-19)23(27)14-24(17)29-25(30)11-12-33(31,32)16-18-5-3-2-4-6-18/h2-10,13-14,22H,11-12,16H2,1H3,(H,29,30)/t22-/m1/s1. The average Bonchev–Trinajstić information content (AvgIpc) is 2.78. The number of sulfone groups is 1. The first kappa shape index (κ1) is 24.8. The Morgan fingerprint density at radius 1 is 1.06 bits per heavy atom. The van der Waals surface area contributed by atoms with Gasteiger partial charge in [-0.25, -0.2) is 8.42 Å². The molecule has 0 saturated heterocycles. The van der Waals surface area contributed by atoms with Crippen LogP contribution in [0.15, 0.2) is 66.7 Å². The molecule has 1 N–H and O–H groups in total. The van der Waals surface area contributed by atoms with Gasteiger partial charge in [0.1, 0.15) is 0 Å². The van der Waals surface area contributed by atoms with Gasteiger partial charge < -0.3 is 5.32 Å². The van der Waals surface area contributed by atoms with Crippen LogP contribution in [0.3, 0.4) is 0 Å². The fraction of sp³-hybridized carbons (Fsp3) is 0.200. The fourth-order valence-electron chi connectivity index (χ4n) is 3.40. The lowest BCUT2D eigenvalue weighted by atomic mass is 9.91. The maximum Gasteiger partial charge on any atom is 0.225 e. The van der Waals surface area contributed by atoms with E-state index in [0.29, 0.717) is 32.4 Å². The molecule has 0 aliphatic heterocycles. The van der Waals surface area contributed by atoms with Gasteiger partial charge in [0, 0.05) is 22.2 Å². The summed E-state index contributed by atoms with van der Waals surface area (Å²) in [5.74, 6) is -1.39. The van der Waals surface area contributed by atoms with Crippen LogP contribution in [0.2, 0.25) is 10.0 Å². The lowest BCUT2D eigenvalue weighted by Gasteiger charge is -2.16. The molecule has 3 aromatic rings. The van der Waals surface area contributed by atoms with Crippen molar-refractivity contribution in [3.63, 3.8) is 0 Å². The monoisotopic (exact) mass is 500 g/mol. The minimum absolute atomic E-state index is 0.110. The van der Waals surface area contributed by atoms with E-state index in [1.807, 2.05) is 6.07 Å². The summed E-state index contributed by atoms with van der Waals surface area (Å²) in [5, 5.41) is 13.3. The van der Waals surface area contributed by atoms with Gasteiger partial charge in [-0.1, -0.05) is 71.7 Å². The number of nitrogens with zero attached hydrogens (tertiary/aromatic N) is 1. The Morgan fingerprint density at radius 3 is 2.36 bits per heavy atom. The van der Waals surface area contributed by atoms with Gasteiger partial charge in [-0.2, -0.15) is 5.26 Å². The molecule has 1 amide bonds. The van der Waals surface area contributed by atoms with E-state index in [1.54, 1.807) is 67.6 Å². The number of carbonyl (C=O) groups is 1. The van der Waals surface area contributed by atoms with Crippen molar-refractivity contribution in [2.24, 2.45) is 0 Å². The highest BCUT2D eigenvalue weighted by atomic mass is 35.5. The third-order valence-corrected chi connectivity index (χ3v) is 7.31. The van der Waals surface area contributed by atoms with Crippen molar-refractivity contribution in [1.82, 2.24) is 0 Å². The molecule has 33 heavy (non-hydrogen) atoms. The molecule has 0 aliphatic carbocycles. The van der Waals surface area contributed by atoms with Crippen molar-refractivity contribution >= 4 is 44.6 Å². The zero-order valence-corrected chi connectivity index (χ0v) is 20.2. The second kappa shape index (κ2) is 10.8.